The SMILES string of the molecule is Cc1cn[nH]c1-n1c(C(Nc2nc(N)nc(C)c2C#N)C2CC2)nc2c(C#N)cccc2c1=O. The molecular weight excluding hydrogens is 432 g/mol. The highest BCUT2D eigenvalue weighted by molar-refractivity contribution is 5.83. The van der Waals surface area contributed by atoms with E-state index in [1.165, 1.54) is 4.57 Å². The van der Waals surface area contributed by atoms with E-state index >= 15 is 0 Å². The summed E-state index contributed by atoms with van der Waals surface area (Å²) >= 11 is 0. The van der Waals surface area contributed by atoms with Crippen LogP contribution < -0.4 is 16.6 Å². The lowest BCUT2D eigenvalue weighted by atomic mass is 10.1. The molecule has 4 aromatic rings. The zero-order chi connectivity index (χ0) is 24.0. The molecule has 1 aromatic carbocycles. The van der Waals surface area contributed by atoms with E-state index in [9.17, 15) is 15.3 Å². The van der Waals surface area contributed by atoms with Gasteiger partial charge in [0.25, 0.3) is 5.56 Å². The Balaban J connectivity index is 1.79. The van der Waals surface area contributed by atoms with Crippen molar-refractivity contribution in [3.05, 3.63) is 63.0 Å². The van der Waals surface area contributed by atoms with Gasteiger partial charge in [-0.15, -0.1) is 0 Å². The Kier molecular flexibility index (Phi) is 4.95. The molecule has 5 rings (SSSR count). The van der Waals surface area contributed by atoms with Gasteiger partial charge in [0.1, 0.15) is 35.2 Å². The number of hydrogen-bond acceptors (Lipinski definition) is 9. The number of fused-ring (bicyclic) bond motifs is 1. The van der Waals surface area contributed by atoms with Crippen molar-refractivity contribution in [1.82, 2.24) is 29.7 Å². The molecule has 11 nitrogen and oxygen atoms in total. The molecule has 11 heteroatoms. The Bertz CT molecular complexity index is 1580. The van der Waals surface area contributed by atoms with Crippen LogP contribution >= 0.6 is 0 Å². The molecule has 1 saturated carbocycles. The molecule has 0 spiro atoms. The summed E-state index contributed by atoms with van der Waals surface area (Å²) in [6, 6.07) is 8.72. The number of nitriles is 2. The van der Waals surface area contributed by atoms with Crippen LogP contribution in [0.4, 0.5) is 11.8 Å². The average molecular weight is 452 g/mol. The first-order chi connectivity index (χ1) is 16.4. The third-order valence-electron chi connectivity index (χ3n) is 5.95. The van der Waals surface area contributed by atoms with Gasteiger partial charge < -0.3 is 11.1 Å². The average Bonchev–Trinajstić information content (AvgIpc) is 3.57. The van der Waals surface area contributed by atoms with Gasteiger partial charge in [-0.3, -0.25) is 9.89 Å². The summed E-state index contributed by atoms with van der Waals surface area (Å²) in [5.74, 6) is 1.33. The first-order valence-corrected chi connectivity index (χ1v) is 10.7. The molecule has 1 fully saturated rings. The summed E-state index contributed by atoms with van der Waals surface area (Å²) in [6.07, 6.45) is 3.42. The maximum atomic E-state index is 13.7. The number of H-pyrrole nitrogens is 1. The molecule has 3 aromatic heterocycles. The second-order valence-corrected chi connectivity index (χ2v) is 8.29. The van der Waals surface area contributed by atoms with Gasteiger partial charge >= 0.3 is 0 Å². The highest BCUT2D eigenvalue weighted by Gasteiger charge is 2.37. The van der Waals surface area contributed by atoms with E-state index in [-0.39, 0.29) is 28.8 Å². The number of hydrogen-bond donors (Lipinski definition) is 3. The fourth-order valence-corrected chi connectivity index (χ4v) is 4.11. The van der Waals surface area contributed by atoms with Crippen molar-refractivity contribution in [1.29, 1.82) is 10.5 Å². The standard InChI is InChI=1S/C23H20N10O/c1-11-10-27-32-20(11)33-21(30-17-14(8-24)4-3-5-15(17)22(33)34)18(13-6-7-13)29-19-16(9-25)12(2)28-23(26)31-19/h3-5,10,13,18H,6-7H2,1-2H3,(H,27,32)(H3,26,28,29,31). The number of nitrogen functional groups attached to an aromatic ring is 1. The van der Waals surface area contributed by atoms with Gasteiger partial charge in [0.05, 0.1) is 34.4 Å². The number of aromatic amines is 1. The zero-order valence-electron chi connectivity index (χ0n) is 18.5. The maximum Gasteiger partial charge on any atom is 0.267 e. The fourth-order valence-electron chi connectivity index (χ4n) is 4.11. The van der Waals surface area contributed by atoms with E-state index in [1.807, 2.05) is 6.92 Å². The van der Waals surface area contributed by atoms with Crippen molar-refractivity contribution in [3.8, 4) is 18.0 Å². The molecule has 3 heterocycles. The van der Waals surface area contributed by atoms with Crippen LogP contribution in [0.15, 0.2) is 29.2 Å². The minimum atomic E-state index is -0.479. The lowest BCUT2D eigenvalue weighted by molar-refractivity contribution is 0.604. The summed E-state index contributed by atoms with van der Waals surface area (Å²) in [5, 5.41) is 30.0. The van der Waals surface area contributed by atoms with Gasteiger partial charge in [-0.25, -0.2) is 14.5 Å². The van der Waals surface area contributed by atoms with Gasteiger partial charge in [-0.05, 0) is 44.7 Å². The van der Waals surface area contributed by atoms with Crippen molar-refractivity contribution >= 4 is 22.7 Å². The van der Waals surface area contributed by atoms with Gasteiger partial charge in [0, 0.05) is 5.56 Å². The molecule has 1 aliphatic carbocycles. The van der Waals surface area contributed by atoms with Crippen LogP contribution in [-0.2, 0) is 0 Å². The summed E-state index contributed by atoms with van der Waals surface area (Å²) in [5.41, 5.74) is 7.64. The van der Waals surface area contributed by atoms with Crippen molar-refractivity contribution < 1.29 is 0 Å². The van der Waals surface area contributed by atoms with E-state index in [4.69, 9.17) is 10.7 Å². The molecule has 0 amide bonds. The zero-order valence-corrected chi connectivity index (χ0v) is 18.5. The first-order valence-electron chi connectivity index (χ1n) is 10.7. The van der Waals surface area contributed by atoms with Crippen LogP contribution in [0.5, 0.6) is 0 Å². The van der Waals surface area contributed by atoms with E-state index in [1.54, 1.807) is 31.3 Å². The summed E-state index contributed by atoms with van der Waals surface area (Å²) < 4.78 is 1.49. The molecule has 0 saturated heterocycles. The molecule has 0 radical (unpaired) electrons. The number of anilines is 2. The highest BCUT2D eigenvalue weighted by atomic mass is 16.1. The quantitative estimate of drug-likeness (QED) is 0.410. The number of rotatable bonds is 5. The lowest BCUT2D eigenvalue weighted by Gasteiger charge is -2.23. The molecule has 168 valence electrons. The number of nitrogens with zero attached hydrogens (tertiary/aromatic N) is 7. The van der Waals surface area contributed by atoms with Crippen molar-refractivity contribution in [2.24, 2.45) is 5.92 Å². The third kappa shape index (κ3) is 3.40. The summed E-state index contributed by atoms with van der Waals surface area (Å²) in [4.78, 5) is 26.9. The molecule has 0 bridgehead atoms. The van der Waals surface area contributed by atoms with Crippen molar-refractivity contribution in [2.75, 3.05) is 11.1 Å². The van der Waals surface area contributed by atoms with E-state index < -0.39 is 6.04 Å². The topological polar surface area (TPSA) is 175 Å². The van der Waals surface area contributed by atoms with Crippen LogP contribution in [0.25, 0.3) is 16.7 Å². The maximum absolute atomic E-state index is 13.7. The van der Waals surface area contributed by atoms with Crippen LogP contribution in [0.1, 0.15) is 47.1 Å². The van der Waals surface area contributed by atoms with Crippen LogP contribution in [0.2, 0.25) is 0 Å². The van der Waals surface area contributed by atoms with Gasteiger partial charge in [-0.1, -0.05) is 6.07 Å². The van der Waals surface area contributed by atoms with E-state index in [2.05, 4.69) is 37.6 Å². The molecule has 34 heavy (non-hydrogen) atoms. The second-order valence-electron chi connectivity index (χ2n) is 8.29. The molecule has 4 N–H and O–H groups in total. The Labute approximate surface area is 193 Å². The molecular formula is C23H20N10O. The third-order valence-corrected chi connectivity index (χ3v) is 5.95. The Morgan fingerprint density at radius 2 is 2.00 bits per heavy atom. The van der Waals surface area contributed by atoms with E-state index in [0.29, 0.717) is 33.8 Å². The number of nitrogens with one attached hydrogen (secondary N) is 2. The van der Waals surface area contributed by atoms with E-state index in [0.717, 1.165) is 18.4 Å². The summed E-state index contributed by atoms with van der Waals surface area (Å²) in [6.45, 7) is 3.53. The normalized spacial score (nSPS) is 13.9. The second kappa shape index (κ2) is 7.98. The number of aryl methyl sites for hydroxylation is 2. The van der Waals surface area contributed by atoms with Crippen molar-refractivity contribution in [2.45, 2.75) is 32.7 Å². The number of para-hydroxylation sites is 1. The Morgan fingerprint density at radius 1 is 1.21 bits per heavy atom. The molecule has 1 unspecified atom stereocenters. The first kappa shape index (κ1) is 21.1. The predicted octanol–water partition coefficient (Wildman–Crippen LogP) is 2.40. The van der Waals surface area contributed by atoms with Crippen LogP contribution in [0, 0.1) is 42.4 Å². The van der Waals surface area contributed by atoms with Crippen molar-refractivity contribution in [3.63, 3.8) is 0 Å². The Morgan fingerprint density at radius 3 is 2.65 bits per heavy atom. The molecule has 1 atom stereocenters. The molecule has 1 aliphatic rings. The fraction of sp³-hybridized carbons (Fsp3) is 0.261. The predicted molar refractivity (Wildman–Crippen MR) is 124 cm³/mol. The summed E-state index contributed by atoms with van der Waals surface area (Å²) in [7, 11) is 0. The smallest absolute Gasteiger partial charge is 0.267 e. The minimum Gasteiger partial charge on any atom is -0.368 e. The number of benzene rings is 1. The lowest BCUT2D eigenvalue weighted by Crippen LogP contribution is -2.30. The number of aromatic nitrogens is 6. The molecule has 0 aliphatic heterocycles. The monoisotopic (exact) mass is 452 g/mol. The number of nitrogens with two attached hydrogens (primary N) is 1. The largest absolute Gasteiger partial charge is 0.368 e. The van der Waals surface area contributed by atoms with Gasteiger partial charge in [-0.2, -0.15) is 20.6 Å². The van der Waals surface area contributed by atoms with Gasteiger partial charge in [0.2, 0.25) is 5.95 Å². The van der Waals surface area contributed by atoms with Gasteiger partial charge in [0.15, 0.2) is 0 Å². The Hall–Kier alpha value is -4.77. The highest BCUT2D eigenvalue weighted by Crippen LogP contribution is 2.43. The van der Waals surface area contributed by atoms with Crippen LogP contribution in [-0.4, -0.2) is 29.7 Å². The minimum absolute atomic E-state index is 0.0357. The van der Waals surface area contributed by atoms with Crippen LogP contribution in [0.3, 0.4) is 0 Å².